The van der Waals surface area contributed by atoms with Crippen molar-refractivity contribution in [3.63, 3.8) is 0 Å². The third kappa shape index (κ3) is 4.87. The first-order valence-electron chi connectivity index (χ1n) is 10.3. The number of sulfonamides is 1. The van der Waals surface area contributed by atoms with Crippen LogP contribution in [0, 0.1) is 5.92 Å². The molecule has 26 heavy (non-hydrogen) atoms. The molecule has 5 heteroatoms. The number of nitrogens with zero attached hydrogens (tertiary/aromatic N) is 2. The first-order valence-corrected chi connectivity index (χ1v) is 11.7. The quantitative estimate of drug-likeness (QED) is 0.775. The van der Waals surface area contributed by atoms with Crippen molar-refractivity contribution in [1.29, 1.82) is 0 Å². The van der Waals surface area contributed by atoms with Crippen LogP contribution < -0.4 is 0 Å². The average molecular weight is 379 g/mol. The maximum atomic E-state index is 12.9. The van der Waals surface area contributed by atoms with Gasteiger partial charge in [-0.1, -0.05) is 38.8 Å². The van der Waals surface area contributed by atoms with Gasteiger partial charge >= 0.3 is 0 Å². The van der Waals surface area contributed by atoms with Gasteiger partial charge in [0.2, 0.25) is 10.0 Å². The van der Waals surface area contributed by atoms with E-state index in [2.05, 4.69) is 18.7 Å². The maximum Gasteiger partial charge on any atom is 0.243 e. The molecular formula is C21H34N2O2S. The van der Waals surface area contributed by atoms with Crippen LogP contribution in [0.15, 0.2) is 29.2 Å². The number of benzene rings is 1. The predicted octanol–water partition coefficient (Wildman–Crippen LogP) is 4.09. The Morgan fingerprint density at radius 1 is 0.923 bits per heavy atom. The minimum Gasteiger partial charge on any atom is -0.303 e. The van der Waals surface area contributed by atoms with Crippen LogP contribution in [0.3, 0.4) is 0 Å². The minimum atomic E-state index is -3.35. The fourth-order valence-electron chi connectivity index (χ4n) is 4.19. The first-order chi connectivity index (χ1) is 12.5. The van der Waals surface area contributed by atoms with Crippen molar-refractivity contribution >= 4 is 10.0 Å². The molecule has 2 heterocycles. The van der Waals surface area contributed by atoms with Gasteiger partial charge in [0.25, 0.3) is 0 Å². The summed E-state index contributed by atoms with van der Waals surface area (Å²) in [6.45, 7) is 9.16. The van der Waals surface area contributed by atoms with E-state index in [4.69, 9.17) is 0 Å². The zero-order chi connectivity index (χ0) is 18.6. The molecule has 0 radical (unpaired) electrons. The Hall–Kier alpha value is -0.910. The fourth-order valence-corrected chi connectivity index (χ4v) is 5.66. The molecule has 1 aromatic rings. The van der Waals surface area contributed by atoms with Crippen LogP contribution in [0.2, 0.25) is 0 Å². The van der Waals surface area contributed by atoms with Crippen LogP contribution in [-0.4, -0.2) is 50.3 Å². The summed E-state index contributed by atoms with van der Waals surface area (Å²) < 4.78 is 27.5. The zero-order valence-electron chi connectivity index (χ0n) is 16.4. The van der Waals surface area contributed by atoms with E-state index in [1.54, 1.807) is 16.4 Å². The lowest BCUT2D eigenvalue weighted by Crippen LogP contribution is -2.41. The van der Waals surface area contributed by atoms with Crippen LogP contribution in [0.4, 0.5) is 0 Å². The van der Waals surface area contributed by atoms with Gasteiger partial charge in [-0.25, -0.2) is 8.42 Å². The second kappa shape index (κ2) is 8.85. The molecule has 0 unspecified atom stereocenters. The molecule has 4 nitrogen and oxygen atoms in total. The van der Waals surface area contributed by atoms with Gasteiger partial charge in [0.15, 0.2) is 0 Å². The summed E-state index contributed by atoms with van der Waals surface area (Å²) in [5.41, 5.74) is 1.18. The highest BCUT2D eigenvalue weighted by Crippen LogP contribution is 2.26. The lowest BCUT2D eigenvalue weighted by Gasteiger charge is -2.34. The van der Waals surface area contributed by atoms with E-state index in [-0.39, 0.29) is 0 Å². The Bertz CT molecular complexity index is 654. The molecule has 2 fully saturated rings. The van der Waals surface area contributed by atoms with Crippen molar-refractivity contribution in [2.75, 3.05) is 32.7 Å². The summed E-state index contributed by atoms with van der Waals surface area (Å²) in [5, 5.41) is 0. The molecule has 0 N–H and O–H groups in total. The topological polar surface area (TPSA) is 40.6 Å². The molecule has 0 bridgehead atoms. The van der Waals surface area contributed by atoms with Gasteiger partial charge in [0.1, 0.15) is 0 Å². The van der Waals surface area contributed by atoms with E-state index in [1.807, 2.05) is 12.1 Å². The molecule has 0 spiro atoms. The first kappa shape index (κ1) is 19.8. The van der Waals surface area contributed by atoms with Crippen molar-refractivity contribution in [3.05, 3.63) is 29.8 Å². The number of likely N-dealkylation sites (tertiary alicyclic amines) is 1. The summed E-state index contributed by atoms with van der Waals surface area (Å²) in [7, 11) is -3.35. The van der Waals surface area contributed by atoms with Gasteiger partial charge in [-0.15, -0.1) is 0 Å². The minimum absolute atomic E-state index is 0.418. The summed E-state index contributed by atoms with van der Waals surface area (Å²) in [6, 6.07) is 7.44. The van der Waals surface area contributed by atoms with E-state index >= 15 is 0 Å². The fraction of sp³-hybridized carbons (Fsp3) is 0.714. The second-order valence-electron chi connectivity index (χ2n) is 8.29. The van der Waals surface area contributed by atoms with Gasteiger partial charge in [-0.3, -0.25) is 0 Å². The van der Waals surface area contributed by atoms with Crippen molar-refractivity contribution < 1.29 is 8.42 Å². The van der Waals surface area contributed by atoms with Crippen molar-refractivity contribution in [3.8, 4) is 0 Å². The van der Waals surface area contributed by atoms with Crippen LogP contribution in [0.5, 0.6) is 0 Å². The highest BCUT2D eigenvalue weighted by molar-refractivity contribution is 7.89. The van der Waals surface area contributed by atoms with Crippen molar-refractivity contribution in [1.82, 2.24) is 9.21 Å². The smallest absolute Gasteiger partial charge is 0.243 e. The zero-order valence-corrected chi connectivity index (χ0v) is 17.2. The molecule has 0 atom stereocenters. The molecule has 3 rings (SSSR count). The molecule has 0 aromatic heterocycles. The summed E-state index contributed by atoms with van der Waals surface area (Å²) in [4.78, 5) is 3.04. The third-order valence-corrected chi connectivity index (χ3v) is 7.89. The Morgan fingerprint density at radius 2 is 1.50 bits per heavy atom. The second-order valence-corrected chi connectivity index (χ2v) is 10.2. The van der Waals surface area contributed by atoms with Gasteiger partial charge in [-0.2, -0.15) is 4.31 Å². The van der Waals surface area contributed by atoms with Crippen LogP contribution in [-0.2, 0) is 10.0 Å². The number of rotatable bonds is 5. The Kier molecular flexibility index (Phi) is 6.76. The van der Waals surface area contributed by atoms with E-state index < -0.39 is 10.0 Å². The maximum absolute atomic E-state index is 12.9. The molecule has 0 saturated carbocycles. The molecule has 2 saturated heterocycles. The molecule has 0 aliphatic carbocycles. The highest BCUT2D eigenvalue weighted by Gasteiger charge is 2.30. The van der Waals surface area contributed by atoms with E-state index in [9.17, 15) is 8.42 Å². The summed E-state index contributed by atoms with van der Waals surface area (Å²) in [6.07, 6.45) is 7.34. The van der Waals surface area contributed by atoms with E-state index in [1.165, 1.54) is 44.3 Å². The Labute approximate surface area is 159 Å². The molecule has 146 valence electrons. The average Bonchev–Trinajstić information content (AvgIpc) is 2.91. The summed E-state index contributed by atoms with van der Waals surface area (Å²) in [5.74, 6) is 1.06. The molecule has 2 aliphatic heterocycles. The van der Waals surface area contributed by atoms with Crippen LogP contribution in [0.1, 0.15) is 63.9 Å². The van der Waals surface area contributed by atoms with E-state index in [0.29, 0.717) is 29.8 Å². The lowest BCUT2D eigenvalue weighted by molar-refractivity contribution is 0.186. The summed E-state index contributed by atoms with van der Waals surface area (Å²) >= 11 is 0. The van der Waals surface area contributed by atoms with E-state index in [0.717, 1.165) is 19.4 Å². The Morgan fingerprint density at radius 3 is 2.04 bits per heavy atom. The van der Waals surface area contributed by atoms with Gasteiger partial charge in [0, 0.05) is 19.6 Å². The molecule has 0 amide bonds. The molecule has 1 aromatic carbocycles. The lowest BCUT2D eigenvalue weighted by atomic mass is 9.97. The SMILES string of the molecule is CC(C)c1ccc(S(=O)(=O)N2CCC(CN3CCCCCC3)CC2)cc1. The van der Waals surface area contributed by atoms with Gasteiger partial charge in [0.05, 0.1) is 4.90 Å². The number of hydrogen-bond acceptors (Lipinski definition) is 3. The highest BCUT2D eigenvalue weighted by atomic mass is 32.2. The van der Waals surface area contributed by atoms with Crippen LogP contribution in [0.25, 0.3) is 0 Å². The largest absolute Gasteiger partial charge is 0.303 e. The monoisotopic (exact) mass is 378 g/mol. The third-order valence-electron chi connectivity index (χ3n) is 5.97. The van der Waals surface area contributed by atoms with Gasteiger partial charge < -0.3 is 4.90 Å². The normalized spacial score (nSPS) is 21.8. The van der Waals surface area contributed by atoms with Crippen molar-refractivity contribution in [2.45, 2.75) is 63.2 Å². The standard InChI is InChI=1S/C21H34N2O2S/c1-18(2)20-7-9-21(10-8-20)26(24,25)23-15-11-19(12-16-23)17-22-13-5-3-4-6-14-22/h7-10,18-19H,3-6,11-17H2,1-2H3. The van der Waals surface area contributed by atoms with Gasteiger partial charge in [-0.05, 0) is 68.3 Å². The van der Waals surface area contributed by atoms with Crippen LogP contribution >= 0.6 is 0 Å². The molecule has 2 aliphatic rings. The van der Waals surface area contributed by atoms with Crippen molar-refractivity contribution in [2.24, 2.45) is 5.92 Å². The number of hydrogen-bond donors (Lipinski definition) is 0. The number of piperidine rings is 1. The molecular weight excluding hydrogens is 344 g/mol. The Balaban J connectivity index is 1.56. The predicted molar refractivity (Wildman–Crippen MR) is 107 cm³/mol.